The lowest BCUT2D eigenvalue weighted by atomic mass is 10.1. The molecule has 0 N–H and O–H groups in total. The van der Waals surface area contributed by atoms with Gasteiger partial charge in [0.2, 0.25) is 0 Å². The van der Waals surface area contributed by atoms with E-state index in [0.29, 0.717) is 0 Å². The van der Waals surface area contributed by atoms with Crippen LogP contribution >= 0.6 is 11.3 Å². The van der Waals surface area contributed by atoms with Gasteiger partial charge in [0.15, 0.2) is 0 Å². The van der Waals surface area contributed by atoms with Gasteiger partial charge in [0.1, 0.15) is 0 Å². The molecule has 0 saturated carbocycles. The lowest BCUT2D eigenvalue weighted by molar-refractivity contribution is 1.69. The first-order valence-corrected chi connectivity index (χ1v) is 6.11. The molecule has 0 atom stereocenters. The van der Waals surface area contributed by atoms with Crippen LogP contribution in [0.15, 0.2) is 49.1 Å². The molecule has 0 fully saturated rings. The molecule has 2 rings (SSSR count). The van der Waals surface area contributed by atoms with Crippen LogP contribution in [-0.4, -0.2) is 0 Å². The first-order valence-electron chi connectivity index (χ1n) is 5.29. The third kappa shape index (κ3) is 2.15. The molecular weight excluding hydrogens is 212 g/mol. The molecule has 0 amide bonds. The molecule has 0 aliphatic heterocycles. The highest BCUT2D eigenvalue weighted by Crippen LogP contribution is 2.32. The number of thiophene rings is 1. The van der Waals surface area contributed by atoms with Gasteiger partial charge in [-0.1, -0.05) is 49.1 Å². The normalized spacial score (nSPS) is 10.8. The van der Waals surface area contributed by atoms with Crippen LogP contribution in [0.3, 0.4) is 0 Å². The van der Waals surface area contributed by atoms with Gasteiger partial charge in [0.25, 0.3) is 0 Å². The molecule has 0 bridgehead atoms. The van der Waals surface area contributed by atoms with Crippen LogP contribution in [-0.2, 0) is 0 Å². The monoisotopic (exact) mass is 226 g/mol. The largest absolute Gasteiger partial charge is 0.135 e. The molecule has 2 aromatic rings. The molecule has 1 aromatic carbocycles. The van der Waals surface area contributed by atoms with Gasteiger partial charge in [-0.05, 0) is 30.2 Å². The van der Waals surface area contributed by atoms with Crippen molar-refractivity contribution >= 4 is 23.5 Å². The van der Waals surface area contributed by atoms with Gasteiger partial charge in [-0.25, -0.2) is 0 Å². The summed E-state index contributed by atoms with van der Waals surface area (Å²) < 4.78 is 0. The maximum absolute atomic E-state index is 3.85. The third-order valence-corrected chi connectivity index (χ3v) is 3.55. The molecule has 0 spiro atoms. The van der Waals surface area contributed by atoms with Gasteiger partial charge in [0.05, 0.1) is 0 Å². The summed E-state index contributed by atoms with van der Waals surface area (Å²) >= 11 is 1.80. The molecule has 0 unspecified atom stereocenters. The van der Waals surface area contributed by atoms with Crippen LogP contribution in [0.25, 0.3) is 22.6 Å². The van der Waals surface area contributed by atoms with E-state index in [1.807, 2.05) is 19.1 Å². The molecule has 1 aromatic heterocycles. The van der Waals surface area contributed by atoms with Crippen LogP contribution in [0.1, 0.15) is 17.4 Å². The van der Waals surface area contributed by atoms with Crippen molar-refractivity contribution in [2.75, 3.05) is 0 Å². The standard InChI is InChI=1S/C15H14S/c1-3-8-14-12(4-2)11-15(16-14)13-9-6-5-7-10-13/h3-11H,2H2,1H3/b8-3-. The van der Waals surface area contributed by atoms with E-state index < -0.39 is 0 Å². The Morgan fingerprint density at radius 1 is 1.19 bits per heavy atom. The highest BCUT2D eigenvalue weighted by molar-refractivity contribution is 7.16. The van der Waals surface area contributed by atoms with Crippen molar-refractivity contribution in [3.05, 3.63) is 59.5 Å². The Bertz CT molecular complexity index is 503. The van der Waals surface area contributed by atoms with E-state index in [1.54, 1.807) is 11.3 Å². The maximum Gasteiger partial charge on any atom is 0.0355 e. The van der Waals surface area contributed by atoms with Crippen molar-refractivity contribution in [2.24, 2.45) is 0 Å². The average molecular weight is 226 g/mol. The van der Waals surface area contributed by atoms with Gasteiger partial charge in [0, 0.05) is 9.75 Å². The van der Waals surface area contributed by atoms with Gasteiger partial charge in [-0.3, -0.25) is 0 Å². The fourth-order valence-corrected chi connectivity index (χ4v) is 2.75. The zero-order valence-electron chi connectivity index (χ0n) is 9.31. The van der Waals surface area contributed by atoms with Gasteiger partial charge >= 0.3 is 0 Å². The Kier molecular flexibility index (Phi) is 3.37. The minimum atomic E-state index is 1.21. The Morgan fingerprint density at radius 2 is 1.94 bits per heavy atom. The highest BCUT2D eigenvalue weighted by atomic mass is 32.1. The van der Waals surface area contributed by atoms with Crippen molar-refractivity contribution in [1.82, 2.24) is 0 Å². The lowest BCUT2D eigenvalue weighted by Gasteiger charge is -1.93. The molecule has 16 heavy (non-hydrogen) atoms. The zero-order chi connectivity index (χ0) is 11.4. The number of allylic oxidation sites excluding steroid dienone is 1. The van der Waals surface area contributed by atoms with Crippen LogP contribution < -0.4 is 0 Å². The molecule has 0 nitrogen and oxygen atoms in total. The van der Waals surface area contributed by atoms with E-state index in [1.165, 1.54) is 20.9 Å². The molecule has 0 aliphatic rings. The van der Waals surface area contributed by atoms with E-state index in [4.69, 9.17) is 0 Å². The van der Waals surface area contributed by atoms with Crippen LogP contribution in [0, 0.1) is 0 Å². The second-order valence-corrected chi connectivity index (χ2v) is 4.58. The van der Waals surface area contributed by atoms with Crippen molar-refractivity contribution in [3.63, 3.8) is 0 Å². The lowest BCUT2D eigenvalue weighted by Crippen LogP contribution is -1.68. The summed E-state index contributed by atoms with van der Waals surface area (Å²) in [5.41, 5.74) is 2.48. The quantitative estimate of drug-likeness (QED) is 0.683. The second-order valence-electron chi connectivity index (χ2n) is 3.50. The second kappa shape index (κ2) is 4.95. The highest BCUT2D eigenvalue weighted by Gasteiger charge is 2.05. The summed E-state index contributed by atoms with van der Waals surface area (Å²) in [6, 6.07) is 12.6. The fraction of sp³-hybridized carbons (Fsp3) is 0.0667. The smallest absolute Gasteiger partial charge is 0.0355 e. The summed E-state index contributed by atoms with van der Waals surface area (Å²) in [7, 11) is 0. The van der Waals surface area contributed by atoms with Crippen LogP contribution in [0.4, 0.5) is 0 Å². The zero-order valence-corrected chi connectivity index (χ0v) is 10.1. The Morgan fingerprint density at radius 3 is 2.56 bits per heavy atom. The van der Waals surface area contributed by atoms with E-state index >= 15 is 0 Å². The number of hydrogen-bond donors (Lipinski definition) is 0. The number of hydrogen-bond acceptors (Lipinski definition) is 1. The maximum atomic E-state index is 3.85. The number of benzene rings is 1. The van der Waals surface area contributed by atoms with Gasteiger partial charge in [-0.2, -0.15) is 0 Å². The Labute approximate surface area is 101 Å². The summed E-state index contributed by atoms with van der Waals surface area (Å²) in [5, 5.41) is 0. The molecule has 1 heterocycles. The Balaban J connectivity index is 2.48. The van der Waals surface area contributed by atoms with Gasteiger partial charge in [-0.15, -0.1) is 11.3 Å². The first-order chi connectivity index (χ1) is 7.85. The number of rotatable bonds is 3. The minimum absolute atomic E-state index is 1.21. The first kappa shape index (κ1) is 10.9. The van der Waals surface area contributed by atoms with E-state index in [2.05, 4.69) is 49.1 Å². The van der Waals surface area contributed by atoms with Crippen molar-refractivity contribution in [2.45, 2.75) is 6.92 Å². The topological polar surface area (TPSA) is 0 Å². The molecule has 0 aliphatic carbocycles. The molecule has 80 valence electrons. The summed E-state index contributed by atoms with van der Waals surface area (Å²) in [6.45, 7) is 5.89. The van der Waals surface area contributed by atoms with Crippen molar-refractivity contribution < 1.29 is 0 Å². The third-order valence-electron chi connectivity index (χ3n) is 2.39. The van der Waals surface area contributed by atoms with Gasteiger partial charge < -0.3 is 0 Å². The minimum Gasteiger partial charge on any atom is -0.135 e. The SMILES string of the molecule is C=Cc1cc(-c2ccccc2)sc1/C=C\C. The van der Waals surface area contributed by atoms with Crippen LogP contribution in [0.2, 0.25) is 0 Å². The summed E-state index contributed by atoms with van der Waals surface area (Å²) in [5.74, 6) is 0. The molecule has 1 heteroatoms. The van der Waals surface area contributed by atoms with Crippen LogP contribution in [0.5, 0.6) is 0 Å². The molecular formula is C15H14S. The average Bonchev–Trinajstić information content (AvgIpc) is 2.74. The van der Waals surface area contributed by atoms with E-state index in [0.717, 1.165) is 0 Å². The predicted molar refractivity (Wildman–Crippen MR) is 74.6 cm³/mol. The fourth-order valence-electron chi connectivity index (χ4n) is 1.61. The predicted octanol–water partition coefficient (Wildman–Crippen LogP) is 5.09. The van der Waals surface area contributed by atoms with E-state index in [9.17, 15) is 0 Å². The van der Waals surface area contributed by atoms with Crippen molar-refractivity contribution in [3.8, 4) is 10.4 Å². The molecule has 0 saturated heterocycles. The summed E-state index contributed by atoms with van der Waals surface area (Å²) in [4.78, 5) is 2.57. The Hall–Kier alpha value is -1.60. The van der Waals surface area contributed by atoms with E-state index in [-0.39, 0.29) is 0 Å². The molecule has 0 radical (unpaired) electrons. The van der Waals surface area contributed by atoms with Crippen molar-refractivity contribution in [1.29, 1.82) is 0 Å². The summed E-state index contributed by atoms with van der Waals surface area (Å²) in [6.07, 6.45) is 6.11.